The highest BCUT2D eigenvalue weighted by Crippen LogP contribution is 2.22. The second-order valence-corrected chi connectivity index (χ2v) is 7.53. The van der Waals surface area contributed by atoms with Crippen LogP contribution in [0, 0.1) is 17.5 Å². The fourth-order valence-electron chi connectivity index (χ4n) is 1.84. The molecule has 0 amide bonds. The molecule has 0 aliphatic carbocycles. The van der Waals surface area contributed by atoms with Gasteiger partial charge >= 0.3 is 8.80 Å². The van der Waals surface area contributed by atoms with E-state index in [1.54, 1.807) is 0 Å². The largest absolute Gasteiger partial charge is 0.500 e. The summed E-state index contributed by atoms with van der Waals surface area (Å²) in [6.45, 7) is 3.66. The van der Waals surface area contributed by atoms with E-state index >= 15 is 0 Å². The van der Waals surface area contributed by atoms with E-state index < -0.39 is 26.3 Å². The van der Waals surface area contributed by atoms with Crippen LogP contribution in [-0.4, -0.2) is 29.1 Å². The minimum atomic E-state index is -2.93. The molecule has 0 saturated heterocycles. The van der Waals surface area contributed by atoms with Crippen LogP contribution in [0.25, 0.3) is 0 Å². The molecule has 0 bridgehead atoms. The lowest BCUT2D eigenvalue weighted by Crippen LogP contribution is -2.46. The second-order valence-electron chi connectivity index (χ2n) is 4.62. The number of rotatable bonds is 7. The minimum absolute atomic E-state index is 0.0715. The third-order valence-electron chi connectivity index (χ3n) is 2.83. The van der Waals surface area contributed by atoms with E-state index in [2.05, 4.69) is 0 Å². The molecule has 20 heavy (non-hydrogen) atoms. The highest BCUT2D eigenvalue weighted by atomic mass is 28.4. The molecule has 0 fully saturated rings. The molecule has 1 aromatic rings. The smallest absolute Gasteiger partial charge is 0.377 e. The van der Waals surface area contributed by atoms with Gasteiger partial charge in [0.05, 0.1) is 0 Å². The first-order chi connectivity index (χ1) is 9.33. The Morgan fingerprint density at radius 3 is 2.05 bits per heavy atom. The summed E-state index contributed by atoms with van der Waals surface area (Å²) in [4.78, 5) is 0. The standard InChI is InChI=1S/C13H19F3O3Si/c1-9(2)19-20(17-3,18-4)6-5-10-7-12(15)13(16)8-11(10)14/h7-9H,5-6H2,1-4H3. The van der Waals surface area contributed by atoms with Gasteiger partial charge in [0.15, 0.2) is 11.6 Å². The fraction of sp³-hybridized carbons (Fsp3) is 0.538. The zero-order valence-electron chi connectivity index (χ0n) is 12.0. The van der Waals surface area contributed by atoms with Gasteiger partial charge in [-0.2, -0.15) is 0 Å². The molecule has 0 saturated carbocycles. The summed E-state index contributed by atoms with van der Waals surface area (Å²) in [5, 5.41) is 0. The first-order valence-corrected chi connectivity index (χ1v) is 8.18. The van der Waals surface area contributed by atoms with Crippen molar-refractivity contribution >= 4 is 8.80 Å². The lowest BCUT2D eigenvalue weighted by molar-refractivity contribution is 0.0700. The summed E-state index contributed by atoms with van der Waals surface area (Å²) < 4.78 is 55.8. The molecule has 0 N–H and O–H groups in total. The van der Waals surface area contributed by atoms with Crippen LogP contribution in [0.15, 0.2) is 12.1 Å². The predicted molar refractivity (Wildman–Crippen MR) is 70.8 cm³/mol. The Morgan fingerprint density at radius 2 is 1.55 bits per heavy atom. The molecule has 0 heterocycles. The van der Waals surface area contributed by atoms with Crippen LogP contribution in [0.3, 0.4) is 0 Å². The Bertz CT molecular complexity index is 451. The van der Waals surface area contributed by atoms with Crippen molar-refractivity contribution in [3.05, 3.63) is 35.1 Å². The maximum absolute atomic E-state index is 13.6. The summed E-state index contributed by atoms with van der Waals surface area (Å²) in [5.74, 6) is -3.07. The van der Waals surface area contributed by atoms with E-state index in [9.17, 15) is 13.2 Å². The van der Waals surface area contributed by atoms with Gasteiger partial charge in [0, 0.05) is 32.4 Å². The average Bonchev–Trinajstić information content (AvgIpc) is 2.39. The van der Waals surface area contributed by atoms with E-state index in [0.29, 0.717) is 6.07 Å². The predicted octanol–water partition coefficient (Wildman–Crippen LogP) is 3.30. The molecule has 3 nitrogen and oxygen atoms in total. The third-order valence-corrected chi connectivity index (χ3v) is 5.76. The van der Waals surface area contributed by atoms with Gasteiger partial charge in [-0.05, 0) is 31.9 Å². The minimum Gasteiger partial charge on any atom is -0.377 e. The van der Waals surface area contributed by atoms with Crippen molar-refractivity contribution in [3.8, 4) is 0 Å². The number of halogens is 3. The monoisotopic (exact) mass is 308 g/mol. The van der Waals surface area contributed by atoms with Crippen LogP contribution in [0.5, 0.6) is 0 Å². The Balaban J connectivity index is 2.85. The van der Waals surface area contributed by atoms with Crippen molar-refractivity contribution in [3.63, 3.8) is 0 Å². The Morgan fingerprint density at radius 1 is 1.00 bits per heavy atom. The van der Waals surface area contributed by atoms with Gasteiger partial charge in [-0.1, -0.05) is 0 Å². The van der Waals surface area contributed by atoms with E-state index in [1.165, 1.54) is 14.2 Å². The van der Waals surface area contributed by atoms with Crippen molar-refractivity contribution in [1.29, 1.82) is 0 Å². The number of hydrogen-bond donors (Lipinski definition) is 0. The SMILES string of the molecule is CO[Si](CCc1cc(F)c(F)cc1F)(OC)OC(C)C. The fourth-order valence-corrected chi connectivity index (χ4v) is 4.02. The van der Waals surface area contributed by atoms with Gasteiger partial charge in [-0.15, -0.1) is 0 Å². The summed E-state index contributed by atoms with van der Waals surface area (Å²) in [7, 11) is -0.0100. The average molecular weight is 308 g/mol. The van der Waals surface area contributed by atoms with Gasteiger partial charge in [-0.25, -0.2) is 13.2 Å². The van der Waals surface area contributed by atoms with Gasteiger partial charge < -0.3 is 13.3 Å². The Kier molecular flexibility index (Phi) is 6.19. The molecular formula is C13H19F3O3Si. The second kappa shape index (κ2) is 7.21. The number of hydrogen-bond acceptors (Lipinski definition) is 3. The van der Waals surface area contributed by atoms with Gasteiger partial charge in [0.2, 0.25) is 0 Å². The summed E-state index contributed by atoms with van der Waals surface area (Å²) in [5.41, 5.74) is 0.0715. The van der Waals surface area contributed by atoms with Crippen molar-refractivity contribution < 1.29 is 26.4 Å². The maximum Gasteiger partial charge on any atom is 0.500 e. The molecule has 0 spiro atoms. The van der Waals surface area contributed by atoms with E-state index in [1.807, 2.05) is 13.8 Å². The first kappa shape index (κ1) is 17.2. The zero-order valence-corrected chi connectivity index (χ0v) is 13.0. The lowest BCUT2D eigenvalue weighted by Gasteiger charge is -2.28. The Labute approximate surface area is 118 Å². The highest BCUT2D eigenvalue weighted by molar-refractivity contribution is 6.60. The number of aryl methyl sites for hydroxylation is 1. The zero-order chi connectivity index (χ0) is 15.3. The van der Waals surface area contributed by atoms with Crippen LogP contribution in [0.2, 0.25) is 6.04 Å². The van der Waals surface area contributed by atoms with E-state index in [4.69, 9.17) is 13.3 Å². The summed E-state index contributed by atoms with van der Waals surface area (Å²) in [6, 6.07) is 1.67. The molecule has 0 atom stereocenters. The highest BCUT2D eigenvalue weighted by Gasteiger charge is 2.39. The van der Waals surface area contributed by atoms with Gasteiger partial charge in [0.25, 0.3) is 0 Å². The van der Waals surface area contributed by atoms with E-state index in [0.717, 1.165) is 6.07 Å². The van der Waals surface area contributed by atoms with E-state index in [-0.39, 0.29) is 24.1 Å². The molecule has 0 radical (unpaired) electrons. The molecule has 1 aromatic carbocycles. The topological polar surface area (TPSA) is 27.7 Å². The van der Waals surface area contributed by atoms with Crippen molar-refractivity contribution in [2.75, 3.05) is 14.2 Å². The molecule has 0 unspecified atom stereocenters. The van der Waals surface area contributed by atoms with Crippen LogP contribution in [-0.2, 0) is 19.7 Å². The maximum atomic E-state index is 13.6. The lowest BCUT2D eigenvalue weighted by atomic mass is 10.1. The molecule has 7 heteroatoms. The van der Waals surface area contributed by atoms with Crippen molar-refractivity contribution in [2.45, 2.75) is 32.4 Å². The molecular weight excluding hydrogens is 289 g/mol. The molecule has 1 rings (SSSR count). The quantitative estimate of drug-likeness (QED) is 0.571. The van der Waals surface area contributed by atoms with Crippen LogP contribution < -0.4 is 0 Å². The molecule has 0 aliphatic rings. The molecule has 114 valence electrons. The van der Waals surface area contributed by atoms with Crippen molar-refractivity contribution in [1.82, 2.24) is 0 Å². The third kappa shape index (κ3) is 4.31. The van der Waals surface area contributed by atoms with Crippen LogP contribution in [0.1, 0.15) is 19.4 Å². The van der Waals surface area contributed by atoms with Gasteiger partial charge in [0.1, 0.15) is 5.82 Å². The number of benzene rings is 1. The molecule has 0 aliphatic heterocycles. The van der Waals surface area contributed by atoms with Gasteiger partial charge in [-0.3, -0.25) is 0 Å². The van der Waals surface area contributed by atoms with Crippen LogP contribution in [0.4, 0.5) is 13.2 Å². The summed E-state index contributed by atoms with van der Waals surface area (Å²) >= 11 is 0. The first-order valence-electron chi connectivity index (χ1n) is 6.25. The summed E-state index contributed by atoms with van der Waals surface area (Å²) in [6.07, 6.45) is 0.0280. The van der Waals surface area contributed by atoms with Crippen molar-refractivity contribution in [2.24, 2.45) is 0 Å². The molecule has 0 aromatic heterocycles. The normalized spacial score (nSPS) is 12.2. The Hall–Kier alpha value is -0.893. The van der Waals surface area contributed by atoms with Crippen LogP contribution >= 0.6 is 0 Å².